The number of rotatable bonds is 7. The maximum atomic E-state index is 13.0. The third-order valence-electron chi connectivity index (χ3n) is 5.84. The van der Waals surface area contributed by atoms with Crippen molar-refractivity contribution in [2.24, 2.45) is 0 Å². The summed E-state index contributed by atoms with van der Waals surface area (Å²) in [5, 5.41) is 4.67. The molecule has 3 aromatic rings. The zero-order chi connectivity index (χ0) is 25.2. The number of carbonyl (C=O) groups excluding carboxylic acids is 1. The Morgan fingerprint density at radius 1 is 1.11 bits per heavy atom. The van der Waals surface area contributed by atoms with Gasteiger partial charge in [-0.15, -0.1) is 0 Å². The summed E-state index contributed by atoms with van der Waals surface area (Å²) in [6, 6.07) is 10.7. The summed E-state index contributed by atoms with van der Waals surface area (Å²) in [7, 11) is -2.23. The van der Waals surface area contributed by atoms with E-state index in [4.69, 9.17) is 14.5 Å². The highest BCUT2D eigenvalue weighted by Gasteiger charge is 2.27. The smallest absolute Gasteiger partial charge is 0.243 e. The van der Waals surface area contributed by atoms with E-state index in [1.165, 1.54) is 40.9 Å². The fraction of sp³-hybridized carbons (Fsp3) is 0.360. The second-order valence-electron chi connectivity index (χ2n) is 8.47. The molecule has 0 aliphatic carbocycles. The molecule has 0 bridgehead atoms. The number of methoxy groups -OCH3 is 1. The molecule has 0 atom stereocenters. The van der Waals surface area contributed by atoms with E-state index in [1.807, 2.05) is 19.9 Å². The van der Waals surface area contributed by atoms with E-state index in [-0.39, 0.29) is 16.6 Å². The fourth-order valence-corrected chi connectivity index (χ4v) is 6.30. The molecule has 1 N–H and O–H groups in total. The molecule has 186 valence electrons. The quantitative estimate of drug-likeness (QED) is 0.476. The number of hydrogen-bond acceptors (Lipinski definition) is 7. The minimum absolute atomic E-state index is 0.0979. The summed E-state index contributed by atoms with van der Waals surface area (Å²) in [5.74, 6) is 0.219. The van der Waals surface area contributed by atoms with Gasteiger partial charge < -0.3 is 14.8 Å². The normalized spacial score (nSPS) is 14.7. The van der Waals surface area contributed by atoms with Crippen LogP contribution >= 0.6 is 11.8 Å². The number of amides is 1. The minimum Gasteiger partial charge on any atom is -0.495 e. The van der Waals surface area contributed by atoms with Crippen molar-refractivity contribution in [2.75, 3.05) is 44.5 Å². The van der Waals surface area contributed by atoms with E-state index < -0.39 is 10.0 Å². The van der Waals surface area contributed by atoms with Crippen LogP contribution in [0.25, 0.3) is 10.9 Å². The van der Waals surface area contributed by atoms with Gasteiger partial charge in [0.2, 0.25) is 15.9 Å². The number of morpholine rings is 1. The highest BCUT2D eigenvalue weighted by molar-refractivity contribution is 7.99. The number of hydrogen-bond donors (Lipinski definition) is 1. The summed E-state index contributed by atoms with van der Waals surface area (Å²) >= 11 is 1.33. The molecule has 0 radical (unpaired) electrons. The molecule has 1 amide bonds. The number of aromatic nitrogens is 1. The summed E-state index contributed by atoms with van der Waals surface area (Å²) < 4.78 is 38.0. The Balaban J connectivity index is 1.50. The molecule has 0 spiro atoms. The van der Waals surface area contributed by atoms with Crippen LogP contribution in [0.2, 0.25) is 0 Å². The van der Waals surface area contributed by atoms with Crippen molar-refractivity contribution >= 4 is 44.3 Å². The highest BCUT2D eigenvalue weighted by atomic mass is 32.2. The number of nitrogens with one attached hydrogen (secondary N) is 1. The molecule has 1 fully saturated rings. The standard InChI is InChI=1S/C25H29N3O5S2/c1-16-11-18(3)25-20(12-16)17(2)13-24(27-25)34-15-23(29)26-21-14-19(5-6-22(21)32-4)35(30,31)28-7-9-33-10-8-28/h5-6,11-14H,7-10,15H2,1-4H3,(H,26,29). The number of benzene rings is 2. The number of ether oxygens (including phenoxy) is 2. The molecule has 2 heterocycles. The average Bonchev–Trinajstić information content (AvgIpc) is 2.84. The van der Waals surface area contributed by atoms with Crippen LogP contribution in [0.4, 0.5) is 5.69 Å². The number of pyridine rings is 1. The van der Waals surface area contributed by atoms with Gasteiger partial charge in [-0.25, -0.2) is 13.4 Å². The molecule has 0 saturated carbocycles. The van der Waals surface area contributed by atoms with Crippen LogP contribution in [-0.2, 0) is 19.6 Å². The average molecular weight is 516 g/mol. The summed E-state index contributed by atoms with van der Waals surface area (Å²) in [5.41, 5.74) is 4.62. The monoisotopic (exact) mass is 515 g/mol. The second-order valence-corrected chi connectivity index (χ2v) is 11.4. The fourth-order valence-electron chi connectivity index (χ4n) is 4.10. The van der Waals surface area contributed by atoms with Crippen molar-refractivity contribution in [3.8, 4) is 5.75 Å². The van der Waals surface area contributed by atoms with Gasteiger partial charge in [-0.1, -0.05) is 23.4 Å². The van der Waals surface area contributed by atoms with E-state index in [2.05, 4.69) is 24.4 Å². The van der Waals surface area contributed by atoms with Crippen molar-refractivity contribution in [3.05, 3.63) is 53.1 Å². The molecule has 10 heteroatoms. The molecular formula is C25H29N3O5S2. The van der Waals surface area contributed by atoms with E-state index in [0.29, 0.717) is 37.7 Å². The van der Waals surface area contributed by atoms with Crippen molar-refractivity contribution in [3.63, 3.8) is 0 Å². The number of nitrogens with zero attached hydrogens (tertiary/aromatic N) is 2. The molecule has 1 aliphatic rings. The summed E-state index contributed by atoms with van der Waals surface area (Å²) in [6.07, 6.45) is 0. The summed E-state index contributed by atoms with van der Waals surface area (Å²) in [6.45, 7) is 7.45. The van der Waals surface area contributed by atoms with Crippen LogP contribution in [-0.4, -0.2) is 62.8 Å². The SMILES string of the molecule is COc1ccc(S(=O)(=O)N2CCOCC2)cc1NC(=O)CSc1cc(C)c2cc(C)cc(C)c2n1. The molecule has 8 nitrogen and oxygen atoms in total. The number of sulfonamides is 1. The van der Waals surface area contributed by atoms with Gasteiger partial charge in [0.15, 0.2) is 0 Å². The van der Waals surface area contributed by atoms with Gasteiger partial charge in [-0.2, -0.15) is 4.31 Å². The third-order valence-corrected chi connectivity index (χ3v) is 8.64. The molecule has 2 aromatic carbocycles. The highest BCUT2D eigenvalue weighted by Crippen LogP contribution is 2.30. The van der Waals surface area contributed by atoms with Crippen molar-refractivity contribution < 1.29 is 22.7 Å². The van der Waals surface area contributed by atoms with E-state index in [0.717, 1.165) is 27.1 Å². The van der Waals surface area contributed by atoms with Gasteiger partial charge >= 0.3 is 0 Å². The lowest BCUT2D eigenvalue weighted by Gasteiger charge is -2.26. The lowest BCUT2D eigenvalue weighted by molar-refractivity contribution is -0.113. The first-order valence-corrected chi connectivity index (χ1v) is 13.7. The molecule has 4 rings (SSSR count). The number of anilines is 1. The van der Waals surface area contributed by atoms with E-state index >= 15 is 0 Å². The van der Waals surface area contributed by atoms with Crippen LogP contribution in [0.15, 0.2) is 46.3 Å². The minimum atomic E-state index is -3.70. The molecule has 35 heavy (non-hydrogen) atoms. The predicted molar refractivity (Wildman–Crippen MR) is 138 cm³/mol. The maximum Gasteiger partial charge on any atom is 0.243 e. The zero-order valence-electron chi connectivity index (χ0n) is 20.3. The Labute approximate surface area is 210 Å². The Morgan fingerprint density at radius 3 is 2.57 bits per heavy atom. The topological polar surface area (TPSA) is 97.8 Å². The van der Waals surface area contributed by atoms with Crippen LogP contribution in [0.5, 0.6) is 5.75 Å². The number of aryl methyl sites for hydroxylation is 3. The molecular weight excluding hydrogens is 486 g/mol. The second kappa shape index (κ2) is 10.5. The van der Waals surface area contributed by atoms with Gasteiger partial charge in [-0.05, 0) is 62.2 Å². The number of thioether (sulfide) groups is 1. The van der Waals surface area contributed by atoms with Gasteiger partial charge in [0.25, 0.3) is 0 Å². The van der Waals surface area contributed by atoms with Gasteiger partial charge in [0, 0.05) is 18.5 Å². The van der Waals surface area contributed by atoms with E-state index in [9.17, 15) is 13.2 Å². The van der Waals surface area contributed by atoms with Gasteiger partial charge in [0.05, 0.1) is 47.2 Å². The largest absolute Gasteiger partial charge is 0.495 e. The Hall–Kier alpha value is -2.66. The van der Waals surface area contributed by atoms with E-state index in [1.54, 1.807) is 6.07 Å². The lowest BCUT2D eigenvalue weighted by atomic mass is 10.0. The van der Waals surface area contributed by atoms with Crippen molar-refractivity contribution in [1.29, 1.82) is 0 Å². The Bertz CT molecular complexity index is 1370. The summed E-state index contributed by atoms with van der Waals surface area (Å²) in [4.78, 5) is 17.6. The van der Waals surface area contributed by atoms with Crippen LogP contribution in [0.3, 0.4) is 0 Å². The zero-order valence-corrected chi connectivity index (χ0v) is 21.9. The molecule has 1 aliphatic heterocycles. The van der Waals surface area contributed by atoms with Gasteiger partial charge in [-0.3, -0.25) is 4.79 Å². The first-order valence-electron chi connectivity index (χ1n) is 11.3. The molecule has 1 aromatic heterocycles. The molecule has 0 unspecified atom stereocenters. The Morgan fingerprint density at radius 2 is 1.86 bits per heavy atom. The maximum absolute atomic E-state index is 13.0. The number of fused-ring (bicyclic) bond motifs is 1. The van der Waals surface area contributed by atoms with Crippen LogP contribution < -0.4 is 10.1 Å². The van der Waals surface area contributed by atoms with Crippen LogP contribution in [0.1, 0.15) is 16.7 Å². The van der Waals surface area contributed by atoms with Gasteiger partial charge in [0.1, 0.15) is 5.75 Å². The van der Waals surface area contributed by atoms with Crippen molar-refractivity contribution in [2.45, 2.75) is 30.7 Å². The van der Waals surface area contributed by atoms with Crippen molar-refractivity contribution in [1.82, 2.24) is 9.29 Å². The number of carbonyl (C=O) groups is 1. The lowest BCUT2D eigenvalue weighted by Crippen LogP contribution is -2.40. The first kappa shape index (κ1) is 25.4. The first-order chi connectivity index (χ1) is 16.7. The molecule has 1 saturated heterocycles. The predicted octanol–water partition coefficient (Wildman–Crippen LogP) is 3.92. The van der Waals surface area contributed by atoms with Crippen LogP contribution in [0, 0.1) is 20.8 Å². The third kappa shape index (κ3) is 5.61. The Kier molecular flexibility index (Phi) is 7.65.